The molecule has 2 rings (SSSR count). The van der Waals surface area contributed by atoms with E-state index in [0.29, 0.717) is 17.3 Å². The Bertz CT molecular complexity index is 421. The molecule has 3 N–H and O–H groups in total. The van der Waals surface area contributed by atoms with Gasteiger partial charge in [-0.2, -0.15) is 5.26 Å². The molecule has 0 radical (unpaired) electrons. The van der Waals surface area contributed by atoms with Crippen molar-refractivity contribution < 1.29 is 0 Å². The molecule has 0 amide bonds. The highest BCUT2D eigenvalue weighted by Gasteiger charge is 2.10. The summed E-state index contributed by atoms with van der Waals surface area (Å²) in [5.74, 6) is 0. The van der Waals surface area contributed by atoms with E-state index in [1.165, 1.54) is 0 Å². The van der Waals surface area contributed by atoms with Crippen molar-refractivity contribution in [2.24, 2.45) is 0 Å². The van der Waals surface area contributed by atoms with Crippen molar-refractivity contribution in [3.05, 3.63) is 35.9 Å². The SMILES string of the molecule is N#Cc1cc(NC2CC=CC2)ccc1N. The molecule has 0 atom stereocenters. The van der Waals surface area contributed by atoms with Gasteiger partial charge in [-0.15, -0.1) is 0 Å². The van der Waals surface area contributed by atoms with Gasteiger partial charge in [-0.25, -0.2) is 0 Å². The molecule has 0 unspecified atom stereocenters. The molecule has 0 fully saturated rings. The van der Waals surface area contributed by atoms with Crippen LogP contribution in [0.5, 0.6) is 0 Å². The minimum atomic E-state index is 0.458. The van der Waals surface area contributed by atoms with E-state index >= 15 is 0 Å². The molecule has 76 valence electrons. The second-order valence-electron chi connectivity index (χ2n) is 3.70. The fraction of sp³-hybridized carbons (Fsp3) is 0.250. The van der Waals surface area contributed by atoms with Crippen molar-refractivity contribution >= 4 is 11.4 Å². The Morgan fingerprint density at radius 2 is 2.07 bits per heavy atom. The number of anilines is 2. The van der Waals surface area contributed by atoms with Gasteiger partial charge in [0, 0.05) is 17.4 Å². The highest BCUT2D eigenvalue weighted by atomic mass is 14.9. The normalized spacial score (nSPS) is 15.1. The Kier molecular flexibility index (Phi) is 2.59. The monoisotopic (exact) mass is 199 g/mol. The number of nitrogens with one attached hydrogen (secondary N) is 1. The fourth-order valence-electron chi connectivity index (χ4n) is 1.71. The third-order valence-electron chi connectivity index (χ3n) is 2.55. The smallest absolute Gasteiger partial charge is 0.101 e. The van der Waals surface area contributed by atoms with Gasteiger partial charge in [0.2, 0.25) is 0 Å². The minimum absolute atomic E-state index is 0.458. The number of nitrogens with zero attached hydrogens (tertiary/aromatic N) is 1. The summed E-state index contributed by atoms with van der Waals surface area (Å²) >= 11 is 0. The Morgan fingerprint density at radius 1 is 1.33 bits per heavy atom. The molecule has 0 saturated carbocycles. The van der Waals surface area contributed by atoms with Crippen molar-refractivity contribution in [2.45, 2.75) is 18.9 Å². The molecule has 1 aliphatic rings. The van der Waals surface area contributed by atoms with E-state index in [1.54, 1.807) is 12.1 Å². The van der Waals surface area contributed by atoms with Crippen LogP contribution in [0, 0.1) is 11.3 Å². The molecule has 0 aromatic heterocycles. The van der Waals surface area contributed by atoms with Gasteiger partial charge in [0.25, 0.3) is 0 Å². The molecule has 0 heterocycles. The van der Waals surface area contributed by atoms with Gasteiger partial charge >= 0.3 is 0 Å². The molecule has 15 heavy (non-hydrogen) atoms. The first-order chi connectivity index (χ1) is 7.29. The zero-order valence-corrected chi connectivity index (χ0v) is 8.40. The van der Waals surface area contributed by atoms with Crippen LogP contribution in [0.4, 0.5) is 11.4 Å². The Morgan fingerprint density at radius 3 is 2.73 bits per heavy atom. The van der Waals surface area contributed by atoms with Crippen LogP contribution >= 0.6 is 0 Å². The summed E-state index contributed by atoms with van der Waals surface area (Å²) in [5.41, 5.74) is 7.68. The summed E-state index contributed by atoms with van der Waals surface area (Å²) in [5, 5.41) is 12.2. The summed E-state index contributed by atoms with van der Waals surface area (Å²) in [6.07, 6.45) is 6.43. The first-order valence-corrected chi connectivity index (χ1v) is 5.01. The zero-order chi connectivity index (χ0) is 10.7. The molecule has 1 aliphatic carbocycles. The van der Waals surface area contributed by atoms with Crippen LogP contribution < -0.4 is 11.1 Å². The van der Waals surface area contributed by atoms with E-state index in [-0.39, 0.29) is 0 Å². The molecule has 1 aromatic carbocycles. The highest BCUT2D eigenvalue weighted by Crippen LogP contribution is 2.20. The lowest BCUT2D eigenvalue weighted by atomic mass is 10.1. The summed E-state index contributed by atoms with van der Waals surface area (Å²) in [6, 6.07) is 8.02. The van der Waals surface area contributed by atoms with E-state index in [0.717, 1.165) is 18.5 Å². The van der Waals surface area contributed by atoms with Crippen molar-refractivity contribution in [1.29, 1.82) is 5.26 Å². The summed E-state index contributed by atoms with van der Waals surface area (Å²) in [6.45, 7) is 0. The van der Waals surface area contributed by atoms with Crippen LogP contribution in [0.3, 0.4) is 0 Å². The molecule has 1 aromatic rings. The average Bonchev–Trinajstić information content (AvgIpc) is 2.73. The standard InChI is InChI=1S/C12H13N3/c13-8-9-7-11(5-6-12(9)14)15-10-3-1-2-4-10/h1-2,5-7,10,15H,3-4,14H2. The Hall–Kier alpha value is -1.95. The van der Waals surface area contributed by atoms with Crippen LogP contribution in [0.15, 0.2) is 30.4 Å². The van der Waals surface area contributed by atoms with Crippen molar-refractivity contribution in [2.75, 3.05) is 11.1 Å². The third-order valence-corrected chi connectivity index (χ3v) is 2.55. The maximum absolute atomic E-state index is 8.83. The first-order valence-electron chi connectivity index (χ1n) is 5.01. The lowest BCUT2D eigenvalue weighted by molar-refractivity contribution is 0.787. The Labute approximate surface area is 89.2 Å². The topological polar surface area (TPSA) is 61.8 Å². The number of nitrogen functional groups attached to an aromatic ring is 1. The van der Waals surface area contributed by atoms with Crippen LogP contribution in [0.2, 0.25) is 0 Å². The number of nitrogens with two attached hydrogens (primary N) is 1. The second-order valence-corrected chi connectivity index (χ2v) is 3.70. The predicted octanol–water partition coefficient (Wildman–Crippen LogP) is 2.27. The summed E-state index contributed by atoms with van der Waals surface area (Å²) in [4.78, 5) is 0. The van der Waals surface area contributed by atoms with Crippen molar-refractivity contribution in [1.82, 2.24) is 0 Å². The van der Waals surface area contributed by atoms with E-state index in [2.05, 4.69) is 23.5 Å². The third kappa shape index (κ3) is 2.10. The maximum atomic E-state index is 8.83. The zero-order valence-electron chi connectivity index (χ0n) is 8.40. The van der Waals surface area contributed by atoms with E-state index in [1.807, 2.05) is 6.07 Å². The van der Waals surface area contributed by atoms with Gasteiger partial charge in [-0.3, -0.25) is 0 Å². The molecule has 0 spiro atoms. The molecule has 3 nitrogen and oxygen atoms in total. The van der Waals surface area contributed by atoms with E-state index in [4.69, 9.17) is 11.0 Å². The summed E-state index contributed by atoms with van der Waals surface area (Å²) < 4.78 is 0. The van der Waals surface area contributed by atoms with Crippen LogP contribution in [-0.2, 0) is 0 Å². The number of benzene rings is 1. The largest absolute Gasteiger partial charge is 0.398 e. The van der Waals surface area contributed by atoms with Gasteiger partial charge in [-0.05, 0) is 31.0 Å². The number of hydrogen-bond donors (Lipinski definition) is 2. The maximum Gasteiger partial charge on any atom is 0.101 e. The van der Waals surface area contributed by atoms with E-state index in [9.17, 15) is 0 Å². The van der Waals surface area contributed by atoms with Crippen molar-refractivity contribution in [3.8, 4) is 6.07 Å². The second kappa shape index (κ2) is 4.05. The molecule has 0 aliphatic heterocycles. The minimum Gasteiger partial charge on any atom is -0.398 e. The quantitative estimate of drug-likeness (QED) is 0.567. The molecule has 0 saturated heterocycles. The van der Waals surface area contributed by atoms with Gasteiger partial charge in [0.05, 0.1) is 5.56 Å². The first kappa shape index (κ1) is 9.60. The van der Waals surface area contributed by atoms with Gasteiger partial charge in [0.1, 0.15) is 6.07 Å². The fourth-order valence-corrected chi connectivity index (χ4v) is 1.71. The average molecular weight is 199 g/mol. The number of rotatable bonds is 2. The van der Waals surface area contributed by atoms with Crippen molar-refractivity contribution in [3.63, 3.8) is 0 Å². The lowest BCUT2D eigenvalue weighted by Gasteiger charge is -2.13. The molecular weight excluding hydrogens is 186 g/mol. The predicted molar refractivity (Wildman–Crippen MR) is 61.4 cm³/mol. The molecule has 3 heteroatoms. The number of nitriles is 1. The highest BCUT2D eigenvalue weighted by molar-refractivity contribution is 5.62. The number of hydrogen-bond acceptors (Lipinski definition) is 3. The van der Waals surface area contributed by atoms with Gasteiger partial charge < -0.3 is 11.1 Å². The van der Waals surface area contributed by atoms with Gasteiger partial charge in [-0.1, -0.05) is 12.2 Å². The molecular formula is C12H13N3. The lowest BCUT2D eigenvalue weighted by Crippen LogP contribution is -2.15. The van der Waals surface area contributed by atoms with Crippen LogP contribution in [-0.4, -0.2) is 6.04 Å². The van der Waals surface area contributed by atoms with Gasteiger partial charge in [0.15, 0.2) is 0 Å². The van der Waals surface area contributed by atoms with Crippen LogP contribution in [0.1, 0.15) is 18.4 Å². The molecule has 0 bridgehead atoms. The summed E-state index contributed by atoms with van der Waals surface area (Å²) in [7, 11) is 0. The van der Waals surface area contributed by atoms with Crippen LogP contribution in [0.25, 0.3) is 0 Å². The Balaban J connectivity index is 2.12. The van der Waals surface area contributed by atoms with E-state index < -0.39 is 0 Å².